The van der Waals surface area contributed by atoms with Gasteiger partial charge >= 0.3 is 6.01 Å². The summed E-state index contributed by atoms with van der Waals surface area (Å²) in [5.41, 5.74) is 0.269. The van der Waals surface area contributed by atoms with Crippen LogP contribution in [0.4, 0.5) is 20.5 Å². The Bertz CT molecular complexity index is 592. The number of halogens is 2. The van der Waals surface area contributed by atoms with Crippen LogP contribution in [0.1, 0.15) is 26.7 Å². The van der Waals surface area contributed by atoms with Gasteiger partial charge in [-0.3, -0.25) is 0 Å². The highest BCUT2D eigenvalue weighted by Crippen LogP contribution is 2.18. The molecule has 5 nitrogen and oxygen atoms in total. The Morgan fingerprint density at radius 2 is 1.90 bits per heavy atom. The Morgan fingerprint density at radius 3 is 2.55 bits per heavy atom. The largest absolute Gasteiger partial charge is 0.406 e. The number of hydrogen-bond donors (Lipinski definition) is 2. The minimum Gasteiger partial charge on any atom is -0.406 e. The van der Waals surface area contributed by atoms with Gasteiger partial charge in [-0.05, 0) is 32.9 Å². The van der Waals surface area contributed by atoms with Crippen LogP contribution in [0.5, 0.6) is 0 Å². The van der Waals surface area contributed by atoms with Crippen LogP contribution in [0.3, 0.4) is 0 Å². The molecule has 7 heteroatoms. The molecule has 2 N–H and O–H groups in total. The lowest BCUT2D eigenvalue weighted by Gasteiger charge is -2.18. The zero-order valence-corrected chi connectivity index (χ0v) is 11.5. The third kappa shape index (κ3) is 3.99. The Balaban J connectivity index is 2.00. The summed E-state index contributed by atoms with van der Waals surface area (Å²) in [6, 6.07) is 3.56. The molecule has 0 unspecified atom stereocenters. The first-order valence-corrected chi connectivity index (χ1v) is 6.13. The molecule has 108 valence electrons. The summed E-state index contributed by atoms with van der Waals surface area (Å²) in [6.45, 7) is 6.48. The molecule has 20 heavy (non-hydrogen) atoms. The van der Waals surface area contributed by atoms with Crippen LogP contribution < -0.4 is 10.6 Å². The standard InChI is InChI=1S/C13H16F2N4O/c1-13(2,3)16-7-11-18-19-12(20-11)17-8-4-5-9(14)10(15)6-8/h4-6,16H,7H2,1-3H3,(H,17,19). The van der Waals surface area contributed by atoms with Crippen LogP contribution in [0.2, 0.25) is 0 Å². The van der Waals surface area contributed by atoms with Crippen molar-refractivity contribution >= 4 is 11.7 Å². The molecular formula is C13H16F2N4O. The molecule has 0 aliphatic carbocycles. The Hall–Kier alpha value is -2.02. The van der Waals surface area contributed by atoms with Crippen LogP contribution in [0, 0.1) is 11.6 Å². The summed E-state index contributed by atoms with van der Waals surface area (Å²) >= 11 is 0. The molecule has 1 heterocycles. The van der Waals surface area contributed by atoms with E-state index in [0.29, 0.717) is 18.1 Å². The molecule has 0 aliphatic rings. The second kappa shape index (κ2) is 5.54. The minimum atomic E-state index is -0.941. The second-order valence-electron chi connectivity index (χ2n) is 5.36. The molecule has 1 aromatic heterocycles. The van der Waals surface area contributed by atoms with Crippen molar-refractivity contribution in [3.8, 4) is 0 Å². The first-order valence-electron chi connectivity index (χ1n) is 6.13. The van der Waals surface area contributed by atoms with Gasteiger partial charge in [0.2, 0.25) is 5.89 Å². The maximum absolute atomic E-state index is 13.0. The SMILES string of the molecule is CC(C)(C)NCc1nnc(Nc2ccc(F)c(F)c2)o1. The molecule has 0 fully saturated rings. The van der Waals surface area contributed by atoms with Crippen LogP contribution in [0.25, 0.3) is 0 Å². The molecular weight excluding hydrogens is 266 g/mol. The fourth-order valence-electron chi connectivity index (χ4n) is 1.41. The van der Waals surface area contributed by atoms with Crippen molar-refractivity contribution in [2.75, 3.05) is 5.32 Å². The molecule has 0 saturated carbocycles. The van der Waals surface area contributed by atoms with Crippen molar-refractivity contribution in [2.24, 2.45) is 0 Å². The van der Waals surface area contributed by atoms with E-state index in [1.54, 1.807) is 0 Å². The van der Waals surface area contributed by atoms with E-state index >= 15 is 0 Å². The van der Waals surface area contributed by atoms with Crippen molar-refractivity contribution in [1.29, 1.82) is 0 Å². The lowest BCUT2D eigenvalue weighted by atomic mass is 10.1. The quantitative estimate of drug-likeness (QED) is 0.902. The predicted molar refractivity (Wildman–Crippen MR) is 70.5 cm³/mol. The molecule has 0 bridgehead atoms. The summed E-state index contributed by atoms with van der Waals surface area (Å²) in [5.74, 6) is -1.44. The van der Waals surface area contributed by atoms with E-state index in [1.807, 2.05) is 20.8 Å². The zero-order chi connectivity index (χ0) is 14.8. The smallest absolute Gasteiger partial charge is 0.320 e. The highest BCUT2D eigenvalue weighted by Gasteiger charge is 2.12. The minimum absolute atomic E-state index is 0.0673. The average Bonchev–Trinajstić information content (AvgIpc) is 2.78. The van der Waals surface area contributed by atoms with Crippen LogP contribution >= 0.6 is 0 Å². The van der Waals surface area contributed by atoms with Gasteiger partial charge in [0.1, 0.15) is 0 Å². The number of benzene rings is 1. The second-order valence-corrected chi connectivity index (χ2v) is 5.36. The van der Waals surface area contributed by atoms with Crippen LogP contribution in [0.15, 0.2) is 22.6 Å². The maximum Gasteiger partial charge on any atom is 0.320 e. The fourth-order valence-corrected chi connectivity index (χ4v) is 1.41. The van der Waals surface area contributed by atoms with E-state index in [0.717, 1.165) is 12.1 Å². The number of nitrogens with one attached hydrogen (secondary N) is 2. The van der Waals surface area contributed by atoms with Crippen molar-refractivity contribution in [3.63, 3.8) is 0 Å². The van der Waals surface area contributed by atoms with Gasteiger partial charge in [0, 0.05) is 17.3 Å². The van der Waals surface area contributed by atoms with Crippen LogP contribution in [-0.2, 0) is 6.54 Å². The molecule has 2 aromatic rings. The number of aromatic nitrogens is 2. The van der Waals surface area contributed by atoms with Crippen molar-refractivity contribution in [1.82, 2.24) is 15.5 Å². The van der Waals surface area contributed by atoms with Gasteiger partial charge in [0.05, 0.1) is 6.54 Å². The fraction of sp³-hybridized carbons (Fsp3) is 0.385. The van der Waals surface area contributed by atoms with E-state index in [1.165, 1.54) is 6.07 Å². The Morgan fingerprint density at radius 1 is 1.15 bits per heavy atom. The van der Waals surface area contributed by atoms with E-state index < -0.39 is 11.6 Å². The molecule has 0 spiro atoms. The molecule has 1 aromatic carbocycles. The highest BCUT2D eigenvalue weighted by atomic mass is 19.2. The molecule has 2 rings (SSSR count). The van der Waals surface area contributed by atoms with Crippen molar-refractivity contribution in [2.45, 2.75) is 32.9 Å². The van der Waals surface area contributed by atoms with Gasteiger partial charge in [0.25, 0.3) is 0 Å². The van der Waals surface area contributed by atoms with Crippen molar-refractivity contribution < 1.29 is 13.2 Å². The monoisotopic (exact) mass is 282 g/mol. The van der Waals surface area contributed by atoms with Gasteiger partial charge in [-0.15, -0.1) is 5.10 Å². The topological polar surface area (TPSA) is 63.0 Å². The predicted octanol–water partition coefficient (Wildman–Crippen LogP) is 2.98. The number of anilines is 2. The lowest BCUT2D eigenvalue weighted by Crippen LogP contribution is -2.35. The number of nitrogens with zero attached hydrogens (tertiary/aromatic N) is 2. The van der Waals surface area contributed by atoms with Gasteiger partial charge in [0.15, 0.2) is 11.6 Å². The van der Waals surface area contributed by atoms with Gasteiger partial charge in [-0.25, -0.2) is 8.78 Å². The van der Waals surface area contributed by atoms with E-state index in [-0.39, 0.29) is 11.6 Å². The number of hydrogen-bond acceptors (Lipinski definition) is 5. The normalized spacial score (nSPS) is 11.7. The third-order valence-electron chi connectivity index (χ3n) is 2.41. The first kappa shape index (κ1) is 14.4. The summed E-state index contributed by atoms with van der Waals surface area (Å²) < 4.78 is 31.2. The highest BCUT2D eigenvalue weighted by molar-refractivity contribution is 5.51. The van der Waals surface area contributed by atoms with Crippen LogP contribution in [-0.4, -0.2) is 15.7 Å². The molecule has 0 atom stereocenters. The maximum atomic E-state index is 13.0. The molecule has 0 saturated heterocycles. The zero-order valence-electron chi connectivity index (χ0n) is 11.5. The van der Waals surface area contributed by atoms with Gasteiger partial charge in [-0.1, -0.05) is 5.10 Å². The Kier molecular flexibility index (Phi) is 3.99. The van der Waals surface area contributed by atoms with E-state index in [4.69, 9.17) is 4.42 Å². The third-order valence-corrected chi connectivity index (χ3v) is 2.41. The lowest BCUT2D eigenvalue weighted by molar-refractivity contribution is 0.384. The summed E-state index contributed by atoms with van der Waals surface area (Å²) in [5, 5.41) is 13.5. The van der Waals surface area contributed by atoms with Gasteiger partial charge in [-0.2, -0.15) is 0 Å². The number of rotatable bonds is 4. The first-order chi connectivity index (χ1) is 9.33. The molecule has 0 aliphatic heterocycles. The molecule has 0 radical (unpaired) electrons. The average molecular weight is 282 g/mol. The van der Waals surface area contributed by atoms with Gasteiger partial charge < -0.3 is 15.1 Å². The van der Waals surface area contributed by atoms with Crippen molar-refractivity contribution in [3.05, 3.63) is 35.7 Å². The summed E-state index contributed by atoms with van der Waals surface area (Å²) in [6.07, 6.45) is 0. The molecule has 0 amide bonds. The van der Waals surface area contributed by atoms with E-state index in [2.05, 4.69) is 20.8 Å². The summed E-state index contributed by atoms with van der Waals surface area (Å²) in [4.78, 5) is 0. The Labute approximate surface area is 115 Å². The summed E-state index contributed by atoms with van der Waals surface area (Å²) in [7, 11) is 0. The van der Waals surface area contributed by atoms with E-state index in [9.17, 15) is 8.78 Å².